The average molecular weight is 304 g/mol. The topological polar surface area (TPSA) is 72.6 Å². The van der Waals surface area contributed by atoms with Crippen LogP contribution in [0.25, 0.3) is 0 Å². The molecule has 5 heteroatoms. The largest absolute Gasteiger partial charge is 0.481 e. The number of aryl methyl sites for hydroxylation is 2. The molecule has 2 rings (SSSR count). The van der Waals surface area contributed by atoms with Crippen molar-refractivity contribution in [3.8, 4) is 5.75 Å². The molecule has 1 aromatic carbocycles. The van der Waals surface area contributed by atoms with Crippen LogP contribution in [-0.2, 0) is 9.59 Å². The number of hydrogen-bond acceptors (Lipinski definition) is 3. The number of piperidine rings is 1. The summed E-state index contributed by atoms with van der Waals surface area (Å²) < 4.78 is 5.76. The van der Waals surface area contributed by atoms with Crippen molar-refractivity contribution in [2.75, 3.05) is 13.1 Å². The summed E-state index contributed by atoms with van der Waals surface area (Å²) in [7, 11) is 0. The van der Waals surface area contributed by atoms with Crippen molar-refractivity contribution in [1.29, 1.82) is 0 Å². The minimum absolute atomic E-state index is 0.0406. The fourth-order valence-corrected chi connectivity index (χ4v) is 2.68. The van der Waals surface area contributed by atoms with Crippen LogP contribution >= 0.6 is 0 Å². The maximum absolute atomic E-state index is 12.4. The number of ether oxygens (including phenoxy) is 1. The molecule has 5 nitrogen and oxygen atoms in total. The van der Waals surface area contributed by atoms with Crippen LogP contribution in [0.5, 0.6) is 5.75 Å². The van der Waals surface area contributed by atoms with E-state index in [1.54, 1.807) is 11.8 Å². The van der Waals surface area contributed by atoms with Gasteiger partial charge in [-0.3, -0.25) is 9.59 Å². The van der Waals surface area contributed by atoms with Crippen molar-refractivity contribution in [2.24, 2.45) is 11.7 Å². The van der Waals surface area contributed by atoms with E-state index in [2.05, 4.69) is 0 Å². The Labute approximate surface area is 131 Å². The van der Waals surface area contributed by atoms with Crippen LogP contribution in [0.3, 0.4) is 0 Å². The van der Waals surface area contributed by atoms with E-state index in [1.165, 1.54) is 5.56 Å². The highest BCUT2D eigenvalue weighted by atomic mass is 16.5. The van der Waals surface area contributed by atoms with E-state index >= 15 is 0 Å². The lowest BCUT2D eigenvalue weighted by Gasteiger charge is -2.32. The number of carbonyl (C=O) groups is 2. The molecule has 22 heavy (non-hydrogen) atoms. The molecule has 0 unspecified atom stereocenters. The van der Waals surface area contributed by atoms with E-state index < -0.39 is 6.10 Å². The molecular formula is C17H24N2O3. The summed E-state index contributed by atoms with van der Waals surface area (Å²) >= 11 is 0. The molecule has 0 spiro atoms. The molecule has 1 fully saturated rings. The van der Waals surface area contributed by atoms with Crippen molar-refractivity contribution in [3.63, 3.8) is 0 Å². The first kappa shape index (κ1) is 16.3. The average Bonchev–Trinajstić information content (AvgIpc) is 2.50. The second-order valence-corrected chi connectivity index (χ2v) is 6.01. The van der Waals surface area contributed by atoms with Gasteiger partial charge in [0.2, 0.25) is 5.91 Å². The minimum Gasteiger partial charge on any atom is -0.481 e. The third-order valence-corrected chi connectivity index (χ3v) is 4.35. The summed E-state index contributed by atoms with van der Waals surface area (Å²) in [5.41, 5.74) is 7.64. The first-order valence-corrected chi connectivity index (χ1v) is 7.70. The molecule has 1 heterocycles. The van der Waals surface area contributed by atoms with Gasteiger partial charge in [-0.15, -0.1) is 0 Å². The van der Waals surface area contributed by atoms with E-state index in [1.807, 2.05) is 32.0 Å². The first-order valence-electron chi connectivity index (χ1n) is 7.70. The maximum Gasteiger partial charge on any atom is 0.263 e. The number of likely N-dealkylation sites (tertiary alicyclic amines) is 1. The second kappa shape index (κ2) is 6.81. The van der Waals surface area contributed by atoms with Crippen molar-refractivity contribution in [3.05, 3.63) is 29.3 Å². The molecule has 0 radical (unpaired) electrons. The van der Waals surface area contributed by atoms with Gasteiger partial charge in [0, 0.05) is 19.0 Å². The predicted octanol–water partition coefficient (Wildman–Crippen LogP) is 1.79. The Morgan fingerprint density at radius 2 is 1.86 bits per heavy atom. The van der Waals surface area contributed by atoms with Gasteiger partial charge in [-0.25, -0.2) is 0 Å². The molecule has 0 saturated carbocycles. The molecule has 2 amide bonds. The Kier molecular flexibility index (Phi) is 5.06. The Hall–Kier alpha value is -2.04. The molecule has 1 aliphatic heterocycles. The lowest BCUT2D eigenvalue weighted by Crippen LogP contribution is -2.46. The SMILES string of the molecule is Cc1ccc(O[C@H](C)C(=O)N2CCC(C(N)=O)CC2)cc1C. The van der Waals surface area contributed by atoms with E-state index in [0.717, 1.165) is 5.56 Å². The van der Waals surface area contributed by atoms with Gasteiger partial charge in [-0.05, 0) is 56.9 Å². The Bertz CT molecular complexity index is 563. The predicted molar refractivity (Wildman–Crippen MR) is 84.5 cm³/mol. The first-order chi connectivity index (χ1) is 10.4. The number of primary amides is 1. The number of benzene rings is 1. The molecule has 120 valence electrons. The zero-order valence-corrected chi connectivity index (χ0v) is 13.5. The number of amides is 2. The smallest absolute Gasteiger partial charge is 0.263 e. The number of nitrogens with two attached hydrogens (primary N) is 1. The number of nitrogens with zero attached hydrogens (tertiary/aromatic N) is 1. The molecule has 2 N–H and O–H groups in total. The van der Waals surface area contributed by atoms with Crippen LogP contribution < -0.4 is 10.5 Å². The second-order valence-electron chi connectivity index (χ2n) is 6.01. The fourth-order valence-electron chi connectivity index (χ4n) is 2.68. The van der Waals surface area contributed by atoms with Crippen molar-refractivity contribution < 1.29 is 14.3 Å². The van der Waals surface area contributed by atoms with Crippen molar-refractivity contribution in [1.82, 2.24) is 4.90 Å². The number of hydrogen-bond donors (Lipinski definition) is 1. The van der Waals surface area contributed by atoms with Crippen molar-refractivity contribution >= 4 is 11.8 Å². The summed E-state index contributed by atoms with van der Waals surface area (Å²) in [5.74, 6) is 0.281. The van der Waals surface area contributed by atoms with Gasteiger partial charge in [-0.2, -0.15) is 0 Å². The molecule has 1 aromatic rings. The molecule has 1 atom stereocenters. The van der Waals surface area contributed by atoms with Crippen LogP contribution in [0.1, 0.15) is 30.9 Å². The van der Waals surface area contributed by atoms with Gasteiger partial charge in [0.15, 0.2) is 6.10 Å². The van der Waals surface area contributed by atoms with E-state index in [0.29, 0.717) is 31.7 Å². The Morgan fingerprint density at radius 1 is 1.23 bits per heavy atom. The normalized spacial score (nSPS) is 17.1. The lowest BCUT2D eigenvalue weighted by molar-refractivity contribution is -0.140. The van der Waals surface area contributed by atoms with E-state index in [-0.39, 0.29) is 17.7 Å². The summed E-state index contributed by atoms with van der Waals surface area (Å²) in [6, 6.07) is 5.81. The molecule has 0 aliphatic carbocycles. The van der Waals surface area contributed by atoms with E-state index in [9.17, 15) is 9.59 Å². The van der Waals surface area contributed by atoms with Crippen LogP contribution in [0.4, 0.5) is 0 Å². The number of carbonyl (C=O) groups excluding carboxylic acids is 2. The lowest BCUT2D eigenvalue weighted by atomic mass is 9.96. The van der Waals surface area contributed by atoms with Gasteiger partial charge >= 0.3 is 0 Å². The summed E-state index contributed by atoms with van der Waals surface area (Å²) in [6.45, 7) is 6.94. The van der Waals surface area contributed by atoms with Gasteiger partial charge < -0.3 is 15.4 Å². The van der Waals surface area contributed by atoms with Crippen LogP contribution in [0.2, 0.25) is 0 Å². The van der Waals surface area contributed by atoms with Crippen LogP contribution in [0.15, 0.2) is 18.2 Å². The third kappa shape index (κ3) is 3.78. The monoisotopic (exact) mass is 304 g/mol. The van der Waals surface area contributed by atoms with E-state index in [4.69, 9.17) is 10.5 Å². The Balaban J connectivity index is 1.92. The highest BCUT2D eigenvalue weighted by Crippen LogP contribution is 2.20. The fraction of sp³-hybridized carbons (Fsp3) is 0.529. The van der Waals surface area contributed by atoms with Gasteiger partial charge in [-0.1, -0.05) is 6.07 Å². The standard InChI is InChI=1S/C17H24N2O3/c1-11-4-5-15(10-12(11)2)22-13(3)17(21)19-8-6-14(7-9-19)16(18)20/h4-5,10,13-14H,6-9H2,1-3H3,(H2,18,20)/t13-/m1/s1. The van der Waals surface area contributed by atoms with Gasteiger partial charge in [0.05, 0.1) is 0 Å². The van der Waals surface area contributed by atoms with Gasteiger partial charge in [0.25, 0.3) is 5.91 Å². The van der Waals surface area contributed by atoms with Crippen LogP contribution in [0, 0.1) is 19.8 Å². The van der Waals surface area contributed by atoms with Gasteiger partial charge in [0.1, 0.15) is 5.75 Å². The third-order valence-electron chi connectivity index (χ3n) is 4.35. The quantitative estimate of drug-likeness (QED) is 0.922. The minimum atomic E-state index is -0.535. The summed E-state index contributed by atoms with van der Waals surface area (Å²) in [5, 5.41) is 0. The summed E-state index contributed by atoms with van der Waals surface area (Å²) in [4.78, 5) is 25.3. The molecule has 0 aromatic heterocycles. The molecule has 1 saturated heterocycles. The molecule has 1 aliphatic rings. The Morgan fingerprint density at radius 3 is 2.41 bits per heavy atom. The van der Waals surface area contributed by atoms with Crippen molar-refractivity contribution in [2.45, 2.75) is 39.7 Å². The highest BCUT2D eigenvalue weighted by Gasteiger charge is 2.29. The number of rotatable bonds is 4. The zero-order chi connectivity index (χ0) is 16.3. The summed E-state index contributed by atoms with van der Waals surface area (Å²) in [6.07, 6.45) is 0.738. The molecular weight excluding hydrogens is 280 g/mol. The van der Waals surface area contributed by atoms with Crippen LogP contribution in [-0.4, -0.2) is 35.9 Å². The molecule has 0 bridgehead atoms. The zero-order valence-electron chi connectivity index (χ0n) is 13.5. The highest BCUT2D eigenvalue weighted by molar-refractivity contribution is 5.82. The maximum atomic E-state index is 12.4.